The number of carbonyl (C=O) groups is 1. The van der Waals surface area contributed by atoms with E-state index >= 15 is 0 Å². The number of hydrogen-bond acceptors (Lipinski definition) is 4. The average Bonchev–Trinajstić information content (AvgIpc) is 2.58. The van der Waals surface area contributed by atoms with E-state index in [1.54, 1.807) is 42.5 Å². The van der Waals surface area contributed by atoms with Crippen LogP contribution in [0.4, 0.5) is 11.4 Å². The van der Waals surface area contributed by atoms with Gasteiger partial charge in [-0.15, -0.1) is 0 Å². The number of nitrogens with zero attached hydrogens (tertiary/aromatic N) is 2. The van der Waals surface area contributed by atoms with Crippen molar-refractivity contribution in [1.29, 1.82) is 0 Å². The summed E-state index contributed by atoms with van der Waals surface area (Å²) in [4.78, 5) is 14.2. The zero-order valence-electron chi connectivity index (χ0n) is 14.9. The van der Waals surface area contributed by atoms with Crippen LogP contribution in [0.5, 0.6) is 0 Å². The molecule has 0 fully saturated rings. The Labute approximate surface area is 159 Å². The molecule has 2 aromatic carbocycles. The Bertz CT molecular complexity index is 868. The van der Waals surface area contributed by atoms with Crippen molar-refractivity contribution in [3.8, 4) is 0 Å². The van der Waals surface area contributed by atoms with Gasteiger partial charge in [0.05, 0.1) is 11.9 Å². The Morgan fingerprint density at radius 2 is 1.62 bits per heavy atom. The van der Waals surface area contributed by atoms with Crippen LogP contribution in [-0.4, -0.2) is 41.2 Å². The third-order valence-corrected chi connectivity index (χ3v) is 5.28. The molecule has 140 valence electrons. The van der Waals surface area contributed by atoms with Gasteiger partial charge in [0.25, 0.3) is 0 Å². The van der Waals surface area contributed by atoms with E-state index in [1.807, 2.05) is 25.1 Å². The molecular formula is C18H22ClN3O3S. The molecule has 0 heterocycles. The molecule has 6 nitrogen and oxygen atoms in total. The van der Waals surface area contributed by atoms with E-state index in [2.05, 4.69) is 5.32 Å². The SMILES string of the molecule is CN(C)c1ccc(N(CC(=O)NCc2ccccc2Cl)S(C)(=O)=O)cc1. The normalized spacial score (nSPS) is 11.1. The van der Waals surface area contributed by atoms with Crippen LogP contribution in [0, 0.1) is 0 Å². The number of rotatable bonds is 7. The van der Waals surface area contributed by atoms with Gasteiger partial charge in [-0.05, 0) is 35.9 Å². The maximum absolute atomic E-state index is 12.3. The fourth-order valence-corrected chi connectivity index (χ4v) is 3.40. The van der Waals surface area contributed by atoms with E-state index < -0.39 is 15.9 Å². The third kappa shape index (κ3) is 5.37. The van der Waals surface area contributed by atoms with Crippen molar-refractivity contribution in [2.75, 3.05) is 36.1 Å². The maximum Gasteiger partial charge on any atom is 0.241 e. The van der Waals surface area contributed by atoms with Gasteiger partial charge in [0.15, 0.2) is 0 Å². The van der Waals surface area contributed by atoms with Crippen molar-refractivity contribution in [1.82, 2.24) is 5.32 Å². The molecule has 0 aliphatic rings. The third-order valence-electron chi connectivity index (χ3n) is 3.78. The monoisotopic (exact) mass is 395 g/mol. The lowest BCUT2D eigenvalue weighted by atomic mass is 10.2. The lowest BCUT2D eigenvalue weighted by Gasteiger charge is -2.23. The van der Waals surface area contributed by atoms with Gasteiger partial charge in [0, 0.05) is 31.4 Å². The van der Waals surface area contributed by atoms with Crippen LogP contribution in [0.15, 0.2) is 48.5 Å². The van der Waals surface area contributed by atoms with Crippen LogP contribution in [0.1, 0.15) is 5.56 Å². The minimum Gasteiger partial charge on any atom is -0.378 e. The first-order chi connectivity index (χ1) is 12.2. The van der Waals surface area contributed by atoms with Crippen LogP contribution in [0.2, 0.25) is 5.02 Å². The van der Waals surface area contributed by atoms with Crippen molar-refractivity contribution < 1.29 is 13.2 Å². The predicted octanol–water partition coefficient (Wildman–Crippen LogP) is 2.49. The van der Waals surface area contributed by atoms with E-state index in [0.29, 0.717) is 10.7 Å². The van der Waals surface area contributed by atoms with Crippen LogP contribution in [-0.2, 0) is 21.4 Å². The number of halogens is 1. The molecule has 0 atom stereocenters. The second-order valence-corrected chi connectivity index (χ2v) is 8.36. The topological polar surface area (TPSA) is 69.7 Å². The minimum atomic E-state index is -3.60. The van der Waals surface area contributed by atoms with Gasteiger partial charge in [-0.3, -0.25) is 9.10 Å². The largest absolute Gasteiger partial charge is 0.378 e. The summed E-state index contributed by atoms with van der Waals surface area (Å²) in [5.74, 6) is -0.410. The van der Waals surface area contributed by atoms with Gasteiger partial charge in [0.2, 0.25) is 15.9 Å². The molecule has 26 heavy (non-hydrogen) atoms. The minimum absolute atomic E-state index is 0.232. The molecule has 0 aliphatic heterocycles. The van der Waals surface area contributed by atoms with E-state index in [-0.39, 0.29) is 13.1 Å². The Kier molecular flexibility index (Phi) is 6.50. The Balaban J connectivity index is 2.10. The molecule has 2 aromatic rings. The summed E-state index contributed by atoms with van der Waals surface area (Å²) < 4.78 is 25.3. The molecule has 0 spiro atoms. The smallest absolute Gasteiger partial charge is 0.241 e. The summed E-state index contributed by atoms with van der Waals surface area (Å²) in [6, 6.07) is 14.1. The fraction of sp³-hybridized carbons (Fsp3) is 0.278. The number of benzene rings is 2. The first-order valence-electron chi connectivity index (χ1n) is 7.93. The van der Waals surface area contributed by atoms with E-state index in [9.17, 15) is 13.2 Å². The average molecular weight is 396 g/mol. The number of carbonyl (C=O) groups excluding carboxylic acids is 1. The summed E-state index contributed by atoms with van der Waals surface area (Å²) in [5, 5.41) is 3.25. The van der Waals surface area contributed by atoms with Gasteiger partial charge in [-0.2, -0.15) is 0 Å². The first-order valence-corrected chi connectivity index (χ1v) is 10.2. The van der Waals surface area contributed by atoms with Crippen molar-refractivity contribution in [3.63, 3.8) is 0 Å². The molecule has 0 saturated carbocycles. The molecule has 0 aromatic heterocycles. The van der Waals surface area contributed by atoms with Crippen molar-refractivity contribution in [2.24, 2.45) is 0 Å². The summed E-state index contributed by atoms with van der Waals surface area (Å²) in [6.45, 7) is -0.0692. The van der Waals surface area contributed by atoms with Crippen LogP contribution >= 0.6 is 11.6 Å². The number of amides is 1. The molecule has 0 aliphatic carbocycles. The molecule has 1 amide bonds. The van der Waals surface area contributed by atoms with Crippen molar-refractivity contribution in [2.45, 2.75) is 6.54 Å². The van der Waals surface area contributed by atoms with Gasteiger partial charge in [0.1, 0.15) is 6.54 Å². The van der Waals surface area contributed by atoms with Crippen molar-refractivity contribution >= 4 is 38.9 Å². The van der Waals surface area contributed by atoms with Crippen molar-refractivity contribution in [3.05, 3.63) is 59.1 Å². The highest BCUT2D eigenvalue weighted by molar-refractivity contribution is 7.92. The number of hydrogen-bond donors (Lipinski definition) is 1. The van der Waals surface area contributed by atoms with Gasteiger partial charge >= 0.3 is 0 Å². The fourth-order valence-electron chi connectivity index (χ4n) is 2.34. The van der Waals surface area contributed by atoms with Crippen LogP contribution in [0.3, 0.4) is 0 Å². The molecule has 0 unspecified atom stereocenters. The highest BCUT2D eigenvalue weighted by Crippen LogP contribution is 2.21. The first kappa shape index (κ1) is 20.1. The Hall–Kier alpha value is -2.25. The van der Waals surface area contributed by atoms with E-state index in [4.69, 9.17) is 11.6 Å². The van der Waals surface area contributed by atoms with Gasteiger partial charge in [-0.1, -0.05) is 29.8 Å². The van der Waals surface area contributed by atoms with E-state index in [0.717, 1.165) is 21.8 Å². The summed E-state index contributed by atoms with van der Waals surface area (Å²) in [5.41, 5.74) is 2.14. The molecule has 0 saturated heterocycles. The Morgan fingerprint density at radius 1 is 1.04 bits per heavy atom. The summed E-state index contributed by atoms with van der Waals surface area (Å²) in [7, 11) is 0.184. The maximum atomic E-state index is 12.3. The van der Waals surface area contributed by atoms with Crippen LogP contribution in [0.25, 0.3) is 0 Å². The number of sulfonamides is 1. The second-order valence-electron chi connectivity index (χ2n) is 6.05. The van der Waals surface area contributed by atoms with Gasteiger partial charge in [-0.25, -0.2) is 8.42 Å². The Morgan fingerprint density at radius 3 is 2.15 bits per heavy atom. The quantitative estimate of drug-likeness (QED) is 0.781. The molecule has 0 radical (unpaired) electrons. The second kappa shape index (κ2) is 8.42. The summed E-state index contributed by atoms with van der Waals surface area (Å²) in [6.07, 6.45) is 1.08. The summed E-state index contributed by atoms with van der Waals surface area (Å²) >= 11 is 6.06. The van der Waals surface area contributed by atoms with Crippen LogP contribution < -0.4 is 14.5 Å². The predicted molar refractivity (Wildman–Crippen MR) is 106 cm³/mol. The van der Waals surface area contributed by atoms with E-state index in [1.165, 1.54) is 0 Å². The zero-order valence-corrected chi connectivity index (χ0v) is 16.5. The molecule has 1 N–H and O–H groups in total. The standard InChI is InChI=1S/C18H22ClN3O3S/c1-21(2)15-8-10-16(11-9-15)22(26(3,24)25)13-18(23)20-12-14-6-4-5-7-17(14)19/h4-11H,12-13H2,1-3H3,(H,20,23). The van der Waals surface area contributed by atoms with Gasteiger partial charge < -0.3 is 10.2 Å². The highest BCUT2D eigenvalue weighted by Gasteiger charge is 2.21. The number of nitrogens with one attached hydrogen (secondary N) is 1. The molecule has 0 bridgehead atoms. The zero-order chi connectivity index (χ0) is 19.3. The molecule has 8 heteroatoms. The lowest BCUT2D eigenvalue weighted by Crippen LogP contribution is -2.40. The molecular weight excluding hydrogens is 374 g/mol. The molecule has 2 rings (SSSR count). The lowest BCUT2D eigenvalue weighted by molar-refractivity contribution is -0.119. The highest BCUT2D eigenvalue weighted by atomic mass is 35.5. The number of anilines is 2.